The zero-order chi connectivity index (χ0) is 25.8. The summed E-state index contributed by atoms with van der Waals surface area (Å²) in [4.78, 5) is 17.0. The Morgan fingerprint density at radius 2 is 1.74 bits per heavy atom. The number of para-hydroxylation sites is 2. The highest BCUT2D eigenvalue weighted by atomic mass is 16.3. The van der Waals surface area contributed by atoms with Crippen molar-refractivity contribution >= 4 is 34.6 Å². The van der Waals surface area contributed by atoms with E-state index in [1.54, 1.807) is 17.1 Å². The average molecular weight is 500 g/mol. The first kappa shape index (κ1) is 22.2. The number of nitrogens with one attached hydrogen (secondary N) is 1. The van der Waals surface area contributed by atoms with Crippen molar-refractivity contribution in [2.45, 2.75) is 26.8 Å². The van der Waals surface area contributed by atoms with E-state index in [9.17, 15) is 0 Å². The summed E-state index contributed by atoms with van der Waals surface area (Å²) in [5, 5.41) is 8.44. The van der Waals surface area contributed by atoms with Crippen LogP contribution in [0.4, 0.5) is 22.9 Å². The molecule has 0 radical (unpaired) electrons. The summed E-state index contributed by atoms with van der Waals surface area (Å²) >= 11 is 0. The molecule has 0 saturated carbocycles. The van der Waals surface area contributed by atoms with Gasteiger partial charge in [-0.1, -0.05) is 24.3 Å². The number of benzene rings is 2. The lowest BCUT2D eigenvalue weighted by Gasteiger charge is -2.39. The summed E-state index contributed by atoms with van der Waals surface area (Å²) in [6, 6.07) is 23.8. The van der Waals surface area contributed by atoms with Gasteiger partial charge in [-0.25, -0.2) is 15.0 Å². The van der Waals surface area contributed by atoms with Crippen LogP contribution in [0.2, 0.25) is 0 Å². The minimum absolute atomic E-state index is 0.293. The largest absolute Gasteiger partial charge is 0.467 e. The van der Waals surface area contributed by atoms with E-state index in [4.69, 9.17) is 19.5 Å². The molecule has 0 bridgehead atoms. The molecule has 0 fully saturated rings. The summed E-state index contributed by atoms with van der Waals surface area (Å²) in [6.45, 7) is 6.22. The summed E-state index contributed by atoms with van der Waals surface area (Å²) in [6.07, 6.45) is 3.47. The lowest BCUT2D eigenvalue weighted by atomic mass is 9.98. The Bertz CT molecular complexity index is 1730. The number of aromatic nitrogens is 3. The first-order chi connectivity index (χ1) is 18.6. The maximum Gasteiger partial charge on any atom is 0.179 e. The van der Waals surface area contributed by atoms with E-state index in [-0.39, 0.29) is 6.04 Å². The van der Waals surface area contributed by atoms with Crippen LogP contribution in [0.1, 0.15) is 34.2 Å². The van der Waals surface area contributed by atoms with Crippen LogP contribution in [0.15, 0.2) is 99.7 Å². The minimum atomic E-state index is -0.293. The fraction of sp³-hybridized carbons (Fsp3) is 0.133. The van der Waals surface area contributed by atoms with E-state index in [0.29, 0.717) is 23.3 Å². The molecule has 2 aromatic carbocycles. The van der Waals surface area contributed by atoms with Crippen molar-refractivity contribution in [2.75, 3.05) is 10.2 Å². The molecule has 5 heterocycles. The quantitative estimate of drug-likeness (QED) is 0.303. The van der Waals surface area contributed by atoms with E-state index in [1.165, 1.54) is 11.1 Å². The molecular weight excluding hydrogens is 474 g/mol. The predicted octanol–water partition coefficient (Wildman–Crippen LogP) is 6.58. The van der Waals surface area contributed by atoms with Gasteiger partial charge in [0, 0.05) is 11.9 Å². The average Bonchev–Trinajstić information content (AvgIpc) is 3.59. The number of rotatable bonds is 3. The number of aliphatic imine (C=N–C) groups is 2. The van der Waals surface area contributed by atoms with Gasteiger partial charge in [0.2, 0.25) is 0 Å². The van der Waals surface area contributed by atoms with Crippen molar-refractivity contribution in [3.05, 3.63) is 113 Å². The minimum Gasteiger partial charge on any atom is -0.467 e. The summed E-state index contributed by atoms with van der Waals surface area (Å²) in [5.41, 5.74) is 7.02. The topological polar surface area (TPSA) is 83.8 Å². The number of hydrogen-bond donors (Lipinski definition) is 1. The Kier molecular flexibility index (Phi) is 5.00. The third kappa shape index (κ3) is 3.45. The predicted molar refractivity (Wildman–Crippen MR) is 149 cm³/mol. The molecule has 38 heavy (non-hydrogen) atoms. The molecule has 2 aliphatic heterocycles. The van der Waals surface area contributed by atoms with Crippen molar-refractivity contribution in [3.8, 4) is 5.82 Å². The molecule has 7 rings (SSSR count). The molecule has 1 N–H and O–H groups in total. The van der Waals surface area contributed by atoms with Gasteiger partial charge in [-0.3, -0.25) is 0 Å². The Morgan fingerprint density at radius 1 is 0.868 bits per heavy atom. The Labute approximate surface area is 220 Å². The van der Waals surface area contributed by atoms with E-state index < -0.39 is 0 Å². The Balaban J connectivity index is 1.48. The molecule has 0 aliphatic carbocycles. The second kappa shape index (κ2) is 8.55. The zero-order valence-electron chi connectivity index (χ0n) is 21.3. The first-order valence-corrected chi connectivity index (χ1v) is 12.5. The van der Waals surface area contributed by atoms with Crippen LogP contribution in [-0.4, -0.2) is 26.4 Å². The van der Waals surface area contributed by atoms with Gasteiger partial charge in [-0.15, -0.1) is 0 Å². The first-order valence-electron chi connectivity index (χ1n) is 12.5. The molecule has 3 aromatic heterocycles. The van der Waals surface area contributed by atoms with Crippen LogP contribution in [0, 0.1) is 20.8 Å². The summed E-state index contributed by atoms with van der Waals surface area (Å²) < 4.78 is 7.84. The molecular formula is C30H25N7O. The van der Waals surface area contributed by atoms with Crippen LogP contribution >= 0.6 is 0 Å². The molecule has 2 aliphatic rings. The van der Waals surface area contributed by atoms with E-state index in [2.05, 4.69) is 53.3 Å². The van der Waals surface area contributed by atoms with Gasteiger partial charge in [0.05, 0.1) is 28.9 Å². The Hall–Kier alpha value is -4.98. The SMILES string of the molecule is Cc1ccc(NC2=Nc3ccccc3N3C2=Nc2c(c(C)nn2-c2ccccn2)C3c2ccco2)cc1C. The standard InChI is InChI=1S/C30H25N7O/c1-18-13-14-21(17-19(18)2)32-28-30-34-29-26(20(3)35-37(29)25-12-6-7-15-31-25)27(24-11-8-16-38-24)36(30)23-10-5-4-9-22(23)33-28/h4-17,27H,1-3H3,(H,32,33). The highest BCUT2D eigenvalue weighted by Crippen LogP contribution is 2.48. The van der Waals surface area contributed by atoms with E-state index in [1.807, 2.05) is 55.5 Å². The van der Waals surface area contributed by atoms with Gasteiger partial charge in [-0.05, 0) is 80.4 Å². The van der Waals surface area contributed by atoms with Gasteiger partial charge >= 0.3 is 0 Å². The van der Waals surface area contributed by atoms with Crippen molar-refractivity contribution in [1.29, 1.82) is 0 Å². The molecule has 1 unspecified atom stereocenters. The third-order valence-electron chi connectivity index (χ3n) is 7.09. The number of anilines is 2. The number of nitrogens with zero attached hydrogens (tertiary/aromatic N) is 6. The van der Waals surface area contributed by atoms with Crippen molar-refractivity contribution in [3.63, 3.8) is 0 Å². The number of amidine groups is 2. The second-order valence-corrected chi connectivity index (χ2v) is 9.52. The van der Waals surface area contributed by atoms with Crippen LogP contribution in [-0.2, 0) is 0 Å². The lowest BCUT2D eigenvalue weighted by Crippen LogP contribution is -2.46. The van der Waals surface area contributed by atoms with Crippen molar-refractivity contribution in [1.82, 2.24) is 14.8 Å². The molecule has 8 nitrogen and oxygen atoms in total. The molecule has 8 heteroatoms. The fourth-order valence-electron chi connectivity index (χ4n) is 5.11. The number of aryl methyl sites for hydroxylation is 3. The number of fused-ring (bicyclic) bond motifs is 4. The second-order valence-electron chi connectivity index (χ2n) is 9.52. The molecule has 0 amide bonds. The van der Waals surface area contributed by atoms with Crippen LogP contribution < -0.4 is 10.2 Å². The maximum absolute atomic E-state index is 6.04. The molecule has 186 valence electrons. The monoisotopic (exact) mass is 499 g/mol. The maximum atomic E-state index is 6.04. The van der Waals surface area contributed by atoms with Crippen LogP contribution in [0.25, 0.3) is 5.82 Å². The molecule has 5 aromatic rings. The van der Waals surface area contributed by atoms with E-state index in [0.717, 1.165) is 34.1 Å². The highest BCUT2D eigenvalue weighted by Gasteiger charge is 2.42. The van der Waals surface area contributed by atoms with Gasteiger partial charge < -0.3 is 14.6 Å². The molecule has 1 atom stereocenters. The molecule has 0 spiro atoms. The zero-order valence-corrected chi connectivity index (χ0v) is 21.3. The van der Waals surface area contributed by atoms with Crippen LogP contribution in [0.5, 0.6) is 0 Å². The number of furan rings is 1. The van der Waals surface area contributed by atoms with Gasteiger partial charge in [0.15, 0.2) is 23.3 Å². The summed E-state index contributed by atoms with van der Waals surface area (Å²) in [5.74, 6) is 3.55. The Morgan fingerprint density at radius 3 is 2.53 bits per heavy atom. The van der Waals surface area contributed by atoms with Gasteiger partial charge in [0.1, 0.15) is 11.8 Å². The number of pyridine rings is 1. The van der Waals surface area contributed by atoms with Gasteiger partial charge in [-0.2, -0.15) is 9.78 Å². The summed E-state index contributed by atoms with van der Waals surface area (Å²) in [7, 11) is 0. The third-order valence-corrected chi connectivity index (χ3v) is 7.09. The van der Waals surface area contributed by atoms with Gasteiger partial charge in [0.25, 0.3) is 0 Å². The molecule has 0 saturated heterocycles. The number of hydrogen-bond acceptors (Lipinski definition) is 7. The fourth-order valence-corrected chi connectivity index (χ4v) is 5.11. The normalized spacial score (nSPS) is 15.8. The van der Waals surface area contributed by atoms with Crippen molar-refractivity contribution < 1.29 is 4.42 Å². The lowest BCUT2D eigenvalue weighted by molar-refractivity contribution is 0.487. The highest BCUT2D eigenvalue weighted by molar-refractivity contribution is 6.51. The van der Waals surface area contributed by atoms with Crippen LogP contribution in [0.3, 0.4) is 0 Å². The van der Waals surface area contributed by atoms with E-state index >= 15 is 0 Å². The van der Waals surface area contributed by atoms with Crippen molar-refractivity contribution in [2.24, 2.45) is 9.98 Å². The smallest absolute Gasteiger partial charge is 0.179 e.